The van der Waals surface area contributed by atoms with Crippen molar-refractivity contribution < 1.29 is 19.1 Å². The summed E-state index contributed by atoms with van der Waals surface area (Å²) in [6.07, 6.45) is 0. The summed E-state index contributed by atoms with van der Waals surface area (Å²) in [4.78, 5) is 11.5. The minimum Gasteiger partial charge on any atom is -0.508 e. The SMILES string of the molecule is C[N+](C)(C)CCOC(=O)c1cccc(O)c1. The number of hydrogen-bond acceptors (Lipinski definition) is 3. The van der Waals surface area contributed by atoms with Crippen LogP contribution in [0.15, 0.2) is 24.3 Å². The third-order valence-corrected chi connectivity index (χ3v) is 2.08. The molecule has 0 bridgehead atoms. The summed E-state index contributed by atoms with van der Waals surface area (Å²) in [5.74, 6) is -0.328. The van der Waals surface area contributed by atoms with Crippen LogP contribution in [0.5, 0.6) is 5.75 Å². The molecule has 88 valence electrons. The fourth-order valence-corrected chi connectivity index (χ4v) is 1.13. The predicted molar refractivity (Wildman–Crippen MR) is 61.3 cm³/mol. The molecule has 0 aliphatic rings. The molecule has 0 radical (unpaired) electrons. The van der Waals surface area contributed by atoms with E-state index in [1.807, 2.05) is 21.1 Å². The van der Waals surface area contributed by atoms with E-state index in [0.29, 0.717) is 12.2 Å². The molecule has 0 fully saturated rings. The van der Waals surface area contributed by atoms with E-state index in [0.717, 1.165) is 11.0 Å². The van der Waals surface area contributed by atoms with Crippen LogP contribution in [-0.4, -0.2) is 49.9 Å². The summed E-state index contributed by atoms with van der Waals surface area (Å²) in [6, 6.07) is 6.15. The number of carbonyl (C=O) groups excluding carboxylic acids is 1. The average Bonchev–Trinajstić information content (AvgIpc) is 2.15. The average molecular weight is 224 g/mol. The molecule has 0 spiro atoms. The van der Waals surface area contributed by atoms with Gasteiger partial charge in [-0.1, -0.05) is 6.07 Å². The first-order valence-corrected chi connectivity index (χ1v) is 5.15. The van der Waals surface area contributed by atoms with E-state index in [1.165, 1.54) is 12.1 Å². The molecule has 4 nitrogen and oxygen atoms in total. The number of hydrogen-bond donors (Lipinski definition) is 1. The molecule has 0 saturated heterocycles. The molecule has 0 amide bonds. The lowest BCUT2D eigenvalue weighted by molar-refractivity contribution is -0.870. The van der Waals surface area contributed by atoms with Crippen molar-refractivity contribution in [2.24, 2.45) is 0 Å². The van der Waals surface area contributed by atoms with Gasteiger partial charge in [-0.15, -0.1) is 0 Å². The Morgan fingerprint density at radius 2 is 2.06 bits per heavy atom. The predicted octanol–water partition coefficient (Wildman–Crippen LogP) is 1.26. The van der Waals surface area contributed by atoms with Crippen LogP contribution >= 0.6 is 0 Å². The van der Waals surface area contributed by atoms with Crippen molar-refractivity contribution in [2.45, 2.75) is 0 Å². The standard InChI is InChI=1S/C12H17NO3/c1-13(2,3)7-8-16-12(15)10-5-4-6-11(14)9-10/h4-6,9H,7-8H2,1-3H3/p+1. The number of esters is 1. The monoisotopic (exact) mass is 224 g/mol. The van der Waals surface area contributed by atoms with Gasteiger partial charge < -0.3 is 14.3 Å². The third kappa shape index (κ3) is 4.31. The fraction of sp³-hybridized carbons (Fsp3) is 0.417. The Kier molecular flexibility index (Phi) is 3.90. The van der Waals surface area contributed by atoms with Crippen molar-refractivity contribution in [3.05, 3.63) is 29.8 Å². The summed E-state index contributed by atoms with van der Waals surface area (Å²) in [5.41, 5.74) is 0.376. The van der Waals surface area contributed by atoms with Crippen LogP contribution in [0.1, 0.15) is 10.4 Å². The van der Waals surface area contributed by atoms with Crippen LogP contribution < -0.4 is 0 Å². The Labute approximate surface area is 95.7 Å². The first kappa shape index (κ1) is 12.5. The van der Waals surface area contributed by atoms with Crippen molar-refractivity contribution in [2.75, 3.05) is 34.3 Å². The molecule has 0 unspecified atom stereocenters. The number of nitrogens with zero attached hydrogens (tertiary/aromatic N) is 1. The molecule has 1 rings (SSSR count). The second-order valence-corrected chi connectivity index (χ2v) is 4.70. The maximum atomic E-state index is 11.5. The highest BCUT2D eigenvalue weighted by molar-refractivity contribution is 5.89. The van der Waals surface area contributed by atoms with E-state index in [9.17, 15) is 9.90 Å². The van der Waals surface area contributed by atoms with Crippen LogP contribution in [0.4, 0.5) is 0 Å². The van der Waals surface area contributed by atoms with Crippen molar-refractivity contribution >= 4 is 5.97 Å². The van der Waals surface area contributed by atoms with Crippen molar-refractivity contribution in [1.29, 1.82) is 0 Å². The first-order valence-electron chi connectivity index (χ1n) is 5.15. The van der Waals surface area contributed by atoms with Crippen molar-refractivity contribution in [1.82, 2.24) is 0 Å². The van der Waals surface area contributed by atoms with Crippen LogP contribution in [0.25, 0.3) is 0 Å². The van der Waals surface area contributed by atoms with E-state index in [1.54, 1.807) is 12.1 Å². The molecule has 0 saturated carbocycles. The zero-order valence-electron chi connectivity index (χ0n) is 9.93. The lowest BCUT2D eigenvalue weighted by atomic mass is 10.2. The van der Waals surface area contributed by atoms with Gasteiger partial charge in [-0.05, 0) is 18.2 Å². The molecule has 1 N–H and O–H groups in total. The Bertz CT molecular complexity index is 369. The number of rotatable bonds is 4. The minimum atomic E-state index is -0.399. The number of phenolic OH excluding ortho intramolecular Hbond substituents is 1. The lowest BCUT2D eigenvalue weighted by Gasteiger charge is -2.23. The molecule has 0 aliphatic heterocycles. The van der Waals surface area contributed by atoms with E-state index in [-0.39, 0.29) is 5.75 Å². The first-order chi connectivity index (χ1) is 7.38. The number of ether oxygens (including phenoxy) is 1. The van der Waals surface area contributed by atoms with Gasteiger partial charge >= 0.3 is 5.97 Å². The summed E-state index contributed by atoms with van der Waals surface area (Å²) in [7, 11) is 6.09. The van der Waals surface area contributed by atoms with Gasteiger partial charge in [-0.3, -0.25) is 0 Å². The maximum absolute atomic E-state index is 11.5. The van der Waals surface area contributed by atoms with E-state index < -0.39 is 5.97 Å². The molecule has 1 aromatic carbocycles. The van der Waals surface area contributed by atoms with E-state index in [2.05, 4.69) is 0 Å². The number of quaternary nitrogens is 1. The number of aromatic hydroxyl groups is 1. The number of carbonyl (C=O) groups is 1. The highest BCUT2D eigenvalue weighted by Crippen LogP contribution is 2.11. The van der Waals surface area contributed by atoms with Gasteiger partial charge in [0, 0.05) is 0 Å². The van der Waals surface area contributed by atoms with Crippen LogP contribution in [0.3, 0.4) is 0 Å². The van der Waals surface area contributed by atoms with Gasteiger partial charge in [-0.25, -0.2) is 4.79 Å². The Morgan fingerprint density at radius 1 is 1.38 bits per heavy atom. The molecule has 16 heavy (non-hydrogen) atoms. The van der Waals surface area contributed by atoms with Crippen LogP contribution in [-0.2, 0) is 4.74 Å². The molecule has 0 heterocycles. The normalized spacial score (nSPS) is 11.2. The quantitative estimate of drug-likeness (QED) is 0.618. The van der Waals surface area contributed by atoms with Crippen molar-refractivity contribution in [3.63, 3.8) is 0 Å². The Balaban J connectivity index is 2.47. The summed E-state index contributed by atoms with van der Waals surface area (Å²) < 4.78 is 5.84. The lowest BCUT2D eigenvalue weighted by Crippen LogP contribution is -2.38. The molecule has 1 aromatic rings. The van der Waals surface area contributed by atoms with Crippen molar-refractivity contribution in [3.8, 4) is 5.75 Å². The second kappa shape index (κ2) is 4.99. The zero-order valence-corrected chi connectivity index (χ0v) is 9.93. The molecule has 0 aliphatic carbocycles. The summed E-state index contributed by atoms with van der Waals surface area (Å²) in [6.45, 7) is 1.13. The van der Waals surface area contributed by atoms with Gasteiger partial charge in [0.1, 0.15) is 18.9 Å². The molecular formula is C12H18NO3+. The topological polar surface area (TPSA) is 46.5 Å². The number of likely N-dealkylation sites (N-methyl/N-ethyl adjacent to an activating group) is 1. The second-order valence-electron chi connectivity index (χ2n) is 4.70. The largest absolute Gasteiger partial charge is 0.508 e. The number of benzene rings is 1. The van der Waals surface area contributed by atoms with E-state index in [4.69, 9.17) is 4.74 Å². The highest BCUT2D eigenvalue weighted by atomic mass is 16.5. The van der Waals surface area contributed by atoms with E-state index >= 15 is 0 Å². The highest BCUT2D eigenvalue weighted by Gasteiger charge is 2.11. The minimum absolute atomic E-state index is 0.0704. The fourth-order valence-electron chi connectivity index (χ4n) is 1.13. The van der Waals surface area contributed by atoms with Crippen LogP contribution in [0, 0.1) is 0 Å². The molecule has 4 heteroatoms. The maximum Gasteiger partial charge on any atom is 0.338 e. The Morgan fingerprint density at radius 3 is 2.62 bits per heavy atom. The Hall–Kier alpha value is -1.55. The van der Waals surface area contributed by atoms with Crippen LogP contribution in [0.2, 0.25) is 0 Å². The molecule has 0 atom stereocenters. The van der Waals surface area contributed by atoms with Gasteiger partial charge in [0.05, 0.1) is 26.7 Å². The number of phenols is 1. The van der Waals surface area contributed by atoms with Gasteiger partial charge in [-0.2, -0.15) is 0 Å². The van der Waals surface area contributed by atoms with Gasteiger partial charge in [0.2, 0.25) is 0 Å². The zero-order chi connectivity index (χ0) is 12.2. The smallest absolute Gasteiger partial charge is 0.338 e. The third-order valence-electron chi connectivity index (χ3n) is 2.08. The molecule has 0 aromatic heterocycles. The van der Waals surface area contributed by atoms with Gasteiger partial charge in [0.25, 0.3) is 0 Å². The van der Waals surface area contributed by atoms with Gasteiger partial charge in [0.15, 0.2) is 0 Å². The summed E-state index contributed by atoms with van der Waals surface area (Å²) >= 11 is 0. The summed E-state index contributed by atoms with van der Waals surface area (Å²) in [5, 5.41) is 9.21. The molecular weight excluding hydrogens is 206 g/mol.